The van der Waals surface area contributed by atoms with E-state index in [9.17, 15) is 25.0 Å². The molecule has 1 amide bonds. The molecule has 0 saturated heterocycles. The monoisotopic (exact) mass is 471 g/mol. The zero-order chi connectivity index (χ0) is 25.0. The Balaban J connectivity index is 1.74. The lowest BCUT2D eigenvalue weighted by atomic mass is 10.1. The third kappa shape index (κ3) is 7.46. The topological polar surface area (TPSA) is 140 Å². The summed E-state index contributed by atoms with van der Waals surface area (Å²) in [5, 5.41) is 22.1. The van der Waals surface area contributed by atoms with Crippen LogP contribution in [0.25, 0.3) is 0 Å². The van der Waals surface area contributed by atoms with Crippen molar-refractivity contribution in [1.82, 2.24) is 10.9 Å². The first kappa shape index (κ1) is 24.5. The lowest BCUT2D eigenvalue weighted by Crippen LogP contribution is -2.33. The van der Waals surface area contributed by atoms with E-state index >= 15 is 0 Å². The maximum absolute atomic E-state index is 12.2. The second-order valence-electron chi connectivity index (χ2n) is 7.17. The van der Waals surface area contributed by atoms with Gasteiger partial charge in [-0.15, -0.1) is 0 Å². The lowest BCUT2D eigenvalue weighted by Gasteiger charge is -2.07. The second-order valence-corrected chi connectivity index (χ2v) is 7.17. The minimum Gasteiger partial charge on any atom is -0.305 e. The fourth-order valence-corrected chi connectivity index (χ4v) is 3.02. The molecule has 0 unspecified atom stereocenters. The van der Waals surface area contributed by atoms with E-state index in [1.807, 2.05) is 36.4 Å². The van der Waals surface area contributed by atoms with Crippen LogP contribution in [0.3, 0.4) is 0 Å². The number of non-ortho nitro benzene ring substituents is 1. The highest BCUT2D eigenvalue weighted by molar-refractivity contribution is 5.93. The highest BCUT2D eigenvalue weighted by atomic mass is 16.6. The van der Waals surface area contributed by atoms with Crippen molar-refractivity contribution in [1.29, 1.82) is 0 Å². The Labute approximate surface area is 200 Å². The Morgan fingerprint density at radius 2 is 1.60 bits per heavy atom. The number of nitrogens with zero attached hydrogens (tertiary/aromatic N) is 3. The molecule has 0 heterocycles. The number of nitro groups is 2. The highest BCUT2D eigenvalue weighted by Gasteiger charge is 2.18. The van der Waals surface area contributed by atoms with Crippen molar-refractivity contribution in [3.63, 3.8) is 0 Å². The van der Waals surface area contributed by atoms with Gasteiger partial charge in [-0.3, -0.25) is 30.4 Å². The van der Waals surface area contributed by atoms with Crippen LogP contribution in [0.15, 0.2) is 108 Å². The van der Waals surface area contributed by atoms with Gasteiger partial charge >= 0.3 is 5.69 Å². The molecule has 10 nitrogen and oxygen atoms in total. The van der Waals surface area contributed by atoms with Crippen molar-refractivity contribution in [2.75, 3.05) is 0 Å². The number of aliphatic imine (C=N–C) groups is 1. The SMILES string of the molecule is O=C(NN/C=C(/C=C\C=Nc1ccc([N+](=O)[O-])cc1[N+](=O)[O-])Cc1ccccc1)c1ccccc1. The van der Waals surface area contributed by atoms with Crippen LogP contribution in [0.2, 0.25) is 0 Å². The van der Waals surface area contributed by atoms with Crippen LogP contribution in [-0.4, -0.2) is 22.0 Å². The summed E-state index contributed by atoms with van der Waals surface area (Å²) >= 11 is 0. The second kappa shape index (κ2) is 12.2. The first-order chi connectivity index (χ1) is 16.9. The van der Waals surface area contributed by atoms with Gasteiger partial charge in [0.25, 0.3) is 11.6 Å². The molecule has 3 rings (SSSR count). The van der Waals surface area contributed by atoms with Gasteiger partial charge < -0.3 is 5.43 Å². The predicted molar refractivity (Wildman–Crippen MR) is 132 cm³/mol. The molecule has 3 aromatic carbocycles. The summed E-state index contributed by atoms with van der Waals surface area (Å²) in [6.45, 7) is 0. The number of carbonyl (C=O) groups excluding carboxylic acids is 1. The minimum atomic E-state index is -0.719. The molecular formula is C25H21N5O5. The van der Waals surface area contributed by atoms with Crippen molar-refractivity contribution in [2.24, 2.45) is 4.99 Å². The fourth-order valence-electron chi connectivity index (χ4n) is 3.02. The van der Waals surface area contributed by atoms with Crippen LogP contribution < -0.4 is 10.9 Å². The minimum absolute atomic E-state index is 0.00733. The zero-order valence-corrected chi connectivity index (χ0v) is 18.4. The van der Waals surface area contributed by atoms with E-state index in [1.165, 1.54) is 12.3 Å². The van der Waals surface area contributed by atoms with Gasteiger partial charge in [-0.05, 0) is 41.8 Å². The lowest BCUT2D eigenvalue weighted by molar-refractivity contribution is -0.393. The number of nitro benzene ring substituents is 2. The Morgan fingerprint density at radius 1 is 0.914 bits per heavy atom. The third-order valence-electron chi connectivity index (χ3n) is 4.71. The Hall–Kier alpha value is -5.12. The molecule has 2 N–H and O–H groups in total. The smallest absolute Gasteiger partial charge is 0.301 e. The Morgan fingerprint density at radius 3 is 2.26 bits per heavy atom. The number of nitrogens with one attached hydrogen (secondary N) is 2. The molecule has 35 heavy (non-hydrogen) atoms. The van der Waals surface area contributed by atoms with Gasteiger partial charge in [0.1, 0.15) is 5.69 Å². The molecule has 0 bridgehead atoms. The third-order valence-corrected chi connectivity index (χ3v) is 4.71. The number of amides is 1. The molecule has 176 valence electrons. The number of allylic oxidation sites excluding steroid dienone is 3. The molecule has 0 aromatic heterocycles. The van der Waals surface area contributed by atoms with Crippen molar-refractivity contribution in [3.05, 3.63) is 134 Å². The highest BCUT2D eigenvalue weighted by Crippen LogP contribution is 2.30. The molecule has 0 spiro atoms. The maximum atomic E-state index is 12.2. The molecule has 0 atom stereocenters. The van der Waals surface area contributed by atoms with E-state index in [2.05, 4.69) is 15.8 Å². The molecule has 10 heteroatoms. The van der Waals surface area contributed by atoms with E-state index < -0.39 is 15.5 Å². The van der Waals surface area contributed by atoms with Gasteiger partial charge in [0.2, 0.25) is 0 Å². The van der Waals surface area contributed by atoms with E-state index in [0.29, 0.717) is 12.0 Å². The van der Waals surface area contributed by atoms with Crippen LogP contribution in [-0.2, 0) is 6.42 Å². The average molecular weight is 471 g/mol. The molecule has 0 radical (unpaired) electrons. The normalized spacial score (nSPS) is 11.5. The summed E-state index contributed by atoms with van der Waals surface area (Å²) < 4.78 is 0. The number of hydrogen-bond donors (Lipinski definition) is 2. The number of carbonyl (C=O) groups is 1. The molecule has 0 aliphatic rings. The van der Waals surface area contributed by atoms with Gasteiger partial charge in [-0.1, -0.05) is 54.6 Å². The van der Waals surface area contributed by atoms with Gasteiger partial charge in [0.05, 0.1) is 15.9 Å². The molecule has 0 aliphatic heterocycles. The van der Waals surface area contributed by atoms with Crippen LogP contribution in [0, 0.1) is 20.2 Å². The van der Waals surface area contributed by atoms with E-state index in [-0.39, 0.29) is 17.3 Å². The summed E-state index contributed by atoms with van der Waals surface area (Å²) in [6.07, 6.45) is 6.84. The predicted octanol–water partition coefficient (Wildman–Crippen LogP) is 4.82. The van der Waals surface area contributed by atoms with Crippen molar-refractivity contribution in [3.8, 4) is 0 Å². The largest absolute Gasteiger partial charge is 0.305 e. The first-order valence-electron chi connectivity index (χ1n) is 10.4. The number of hydrogen-bond acceptors (Lipinski definition) is 7. The van der Waals surface area contributed by atoms with Crippen molar-refractivity contribution >= 4 is 29.2 Å². The van der Waals surface area contributed by atoms with Crippen molar-refractivity contribution in [2.45, 2.75) is 6.42 Å². The van der Waals surface area contributed by atoms with E-state index in [1.54, 1.807) is 42.6 Å². The van der Waals surface area contributed by atoms with Gasteiger partial charge in [-0.2, -0.15) is 0 Å². The first-order valence-corrected chi connectivity index (χ1v) is 10.4. The average Bonchev–Trinajstić information content (AvgIpc) is 2.87. The van der Waals surface area contributed by atoms with Crippen LogP contribution in [0.5, 0.6) is 0 Å². The number of hydrazine groups is 1. The molecular weight excluding hydrogens is 450 g/mol. The zero-order valence-electron chi connectivity index (χ0n) is 18.4. The number of benzene rings is 3. The van der Waals surface area contributed by atoms with Crippen LogP contribution in [0.4, 0.5) is 17.1 Å². The maximum Gasteiger partial charge on any atom is 0.301 e. The van der Waals surface area contributed by atoms with Gasteiger partial charge in [0, 0.05) is 24.0 Å². The van der Waals surface area contributed by atoms with E-state index in [4.69, 9.17) is 0 Å². The molecule has 0 aliphatic carbocycles. The molecule has 0 saturated carbocycles. The summed E-state index contributed by atoms with van der Waals surface area (Å²) in [6, 6.07) is 21.6. The van der Waals surface area contributed by atoms with Crippen LogP contribution in [0.1, 0.15) is 15.9 Å². The summed E-state index contributed by atoms with van der Waals surface area (Å²) in [5.74, 6) is -0.295. The quantitative estimate of drug-likeness (QED) is 0.188. The Bertz CT molecular complexity index is 1290. The van der Waals surface area contributed by atoms with Gasteiger partial charge in [0.15, 0.2) is 0 Å². The molecule has 3 aromatic rings. The van der Waals surface area contributed by atoms with Crippen molar-refractivity contribution < 1.29 is 14.6 Å². The molecule has 0 fully saturated rings. The van der Waals surface area contributed by atoms with Crippen LogP contribution >= 0.6 is 0 Å². The fraction of sp³-hybridized carbons (Fsp3) is 0.0400. The van der Waals surface area contributed by atoms with Gasteiger partial charge in [-0.25, -0.2) is 4.99 Å². The van der Waals surface area contributed by atoms with E-state index in [0.717, 1.165) is 23.3 Å². The Kier molecular flexibility index (Phi) is 8.55. The summed E-state index contributed by atoms with van der Waals surface area (Å²) in [7, 11) is 0. The standard InChI is InChI=1S/C25H21N5O5/c31-25(21-11-5-2-6-12-21)28-27-18-20(16-19-8-3-1-4-9-19)10-7-15-26-23-14-13-22(29(32)33)17-24(23)30(34)35/h1-15,17-18,27H,16H2,(H,28,31)/b10-7-,20-18-,26-15?. The number of rotatable bonds is 10. The summed E-state index contributed by atoms with van der Waals surface area (Å²) in [5.41, 5.74) is 6.86. The summed E-state index contributed by atoms with van der Waals surface area (Å²) in [4.78, 5) is 37.0.